The van der Waals surface area contributed by atoms with Crippen LogP contribution in [0.15, 0.2) is 212 Å². The predicted octanol–water partition coefficient (Wildman–Crippen LogP) is 15.7. The molecule has 0 saturated carbocycles. The largest absolute Gasteiger partial charge is 0.247 e. The van der Waals surface area contributed by atoms with Crippen molar-refractivity contribution in [1.82, 2.24) is 15.0 Å². The van der Waals surface area contributed by atoms with E-state index in [1.807, 2.05) is 23.5 Å². The van der Waals surface area contributed by atoms with E-state index in [2.05, 4.69) is 200 Å². The molecular weight excluding hydrogens is 759 g/mol. The highest BCUT2D eigenvalue weighted by Crippen LogP contribution is 2.47. The third kappa shape index (κ3) is 6.07. The van der Waals surface area contributed by atoms with Crippen LogP contribution in [0.25, 0.3) is 120 Å². The lowest BCUT2D eigenvalue weighted by Gasteiger charge is -2.15. The van der Waals surface area contributed by atoms with E-state index in [1.165, 1.54) is 63.8 Å². The van der Waals surface area contributed by atoms with Crippen LogP contribution >= 0.6 is 11.3 Å². The van der Waals surface area contributed by atoms with Crippen LogP contribution < -0.4 is 0 Å². The van der Waals surface area contributed by atoms with Crippen molar-refractivity contribution in [2.75, 3.05) is 0 Å². The van der Waals surface area contributed by atoms with Gasteiger partial charge in [-0.2, -0.15) is 0 Å². The first-order chi connectivity index (χ1) is 30.2. The SMILES string of the molecule is c1ccc(-c2ccc(-c3nc(-c4ccccc4)cc(-c4ccc(-c5nc6cccc(-c7cc8ccccc8c8ccccc78)c6c6sc7ccccc7c56)cc4)n3)cc2)cc1. The Morgan fingerprint density at radius 2 is 0.885 bits per heavy atom. The Bertz CT molecular complexity index is 3610. The van der Waals surface area contributed by atoms with Crippen LogP contribution in [0.5, 0.6) is 0 Å². The fourth-order valence-electron chi connectivity index (χ4n) is 8.94. The van der Waals surface area contributed by atoms with Gasteiger partial charge in [0.05, 0.1) is 22.6 Å². The lowest BCUT2D eigenvalue weighted by Crippen LogP contribution is -1.96. The summed E-state index contributed by atoms with van der Waals surface area (Å²) in [6.07, 6.45) is 0. The summed E-state index contributed by atoms with van der Waals surface area (Å²) in [5.74, 6) is 0.692. The molecule has 0 fully saturated rings. The van der Waals surface area contributed by atoms with Crippen LogP contribution in [0.2, 0.25) is 0 Å². The van der Waals surface area contributed by atoms with Gasteiger partial charge in [-0.05, 0) is 68.1 Å². The molecule has 3 aromatic heterocycles. The zero-order valence-electron chi connectivity index (χ0n) is 33.0. The first-order valence-electron chi connectivity index (χ1n) is 20.6. The van der Waals surface area contributed by atoms with Crippen LogP contribution in [0.4, 0.5) is 0 Å². The molecule has 0 aliphatic rings. The molecule has 0 amide bonds. The second-order valence-electron chi connectivity index (χ2n) is 15.5. The van der Waals surface area contributed by atoms with Crippen molar-refractivity contribution in [1.29, 1.82) is 0 Å². The van der Waals surface area contributed by atoms with Crippen LogP contribution in [-0.2, 0) is 0 Å². The first kappa shape index (κ1) is 35.2. The van der Waals surface area contributed by atoms with E-state index in [4.69, 9.17) is 15.0 Å². The molecule has 12 aromatic rings. The van der Waals surface area contributed by atoms with Gasteiger partial charge in [-0.3, -0.25) is 0 Å². The molecule has 61 heavy (non-hydrogen) atoms. The highest BCUT2D eigenvalue weighted by Gasteiger charge is 2.21. The molecule has 3 nitrogen and oxygen atoms in total. The van der Waals surface area contributed by atoms with Crippen molar-refractivity contribution in [3.63, 3.8) is 0 Å². The molecule has 4 heteroatoms. The Morgan fingerprint density at radius 3 is 1.64 bits per heavy atom. The summed E-state index contributed by atoms with van der Waals surface area (Å²) in [6, 6.07) is 75.4. The van der Waals surface area contributed by atoms with Crippen molar-refractivity contribution >= 4 is 64.0 Å². The smallest absolute Gasteiger partial charge is 0.160 e. The van der Waals surface area contributed by atoms with E-state index in [-0.39, 0.29) is 0 Å². The monoisotopic (exact) mass is 793 g/mol. The Morgan fingerprint density at radius 1 is 0.328 bits per heavy atom. The summed E-state index contributed by atoms with van der Waals surface area (Å²) in [6.45, 7) is 0. The van der Waals surface area contributed by atoms with Gasteiger partial charge in [0.25, 0.3) is 0 Å². The molecule has 0 unspecified atom stereocenters. The van der Waals surface area contributed by atoms with Crippen LogP contribution in [0, 0.1) is 0 Å². The summed E-state index contributed by atoms with van der Waals surface area (Å²) in [7, 11) is 0. The number of benzene rings is 9. The predicted molar refractivity (Wildman–Crippen MR) is 258 cm³/mol. The quantitative estimate of drug-likeness (QED) is 0.157. The Balaban J connectivity index is 1.01. The van der Waals surface area contributed by atoms with E-state index in [1.54, 1.807) is 0 Å². The van der Waals surface area contributed by atoms with Crippen molar-refractivity contribution in [3.8, 4) is 67.4 Å². The summed E-state index contributed by atoms with van der Waals surface area (Å²) in [4.78, 5) is 15.8. The van der Waals surface area contributed by atoms with Gasteiger partial charge in [-0.25, -0.2) is 15.0 Å². The third-order valence-electron chi connectivity index (χ3n) is 11.9. The number of hydrogen-bond donors (Lipinski definition) is 0. The minimum absolute atomic E-state index is 0.692. The van der Waals surface area contributed by atoms with Gasteiger partial charge in [0.15, 0.2) is 5.82 Å². The minimum atomic E-state index is 0.692. The van der Waals surface area contributed by atoms with Gasteiger partial charge in [-0.15, -0.1) is 11.3 Å². The molecule has 0 saturated heterocycles. The van der Waals surface area contributed by atoms with E-state index in [0.29, 0.717) is 5.82 Å². The van der Waals surface area contributed by atoms with Gasteiger partial charge in [0.2, 0.25) is 0 Å². The maximum Gasteiger partial charge on any atom is 0.160 e. The topological polar surface area (TPSA) is 38.7 Å². The van der Waals surface area contributed by atoms with Gasteiger partial charge >= 0.3 is 0 Å². The maximum absolute atomic E-state index is 5.54. The lowest BCUT2D eigenvalue weighted by molar-refractivity contribution is 1.18. The van der Waals surface area contributed by atoms with Crippen molar-refractivity contribution in [2.24, 2.45) is 0 Å². The molecule has 0 N–H and O–H groups in total. The summed E-state index contributed by atoms with van der Waals surface area (Å²) < 4.78 is 2.51. The Labute approximate surface area is 356 Å². The first-order valence-corrected chi connectivity index (χ1v) is 21.4. The lowest BCUT2D eigenvalue weighted by atomic mass is 9.90. The molecule has 9 aromatic carbocycles. The van der Waals surface area contributed by atoms with Gasteiger partial charge in [0, 0.05) is 47.8 Å². The molecule has 0 radical (unpaired) electrons. The van der Waals surface area contributed by atoms with E-state index in [0.717, 1.165) is 50.4 Å². The average molecular weight is 794 g/mol. The summed E-state index contributed by atoms with van der Waals surface area (Å²) in [5, 5.41) is 8.61. The summed E-state index contributed by atoms with van der Waals surface area (Å²) >= 11 is 1.86. The molecule has 0 atom stereocenters. The van der Waals surface area contributed by atoms with Crippen molar-refractivity contribution in [2.45, 2.75) is 0 Å². The molecule has 284 valence electrons. The molecule has 3 heterocycles. The molecule has 0 aliphatic carbocycles. The number of thiophene rings is 1. The molecular formula is C57H35N3S. The second-order valence-corrected chi connectivity index (χ2v) is 16.6. The van der Waals surface area contributed by atoms with E-state index < -0.39 is 0 Å². The van der Waals surface area contributed by atoms with Crippen LogP contribution in [0.3, 0.4) is 0 Å². The maximum atomic E-state index is 5.54. The Kier molecular flexibility index (Phi) is 8.36. The minimum Gasteiger partial charge on any atom is -0.247 e. The normalized spacial score (nSPS) is 11.6. The standard InChI is InChI=1S/C57H35N3S/c1-3-14-36(15-4-1)37-26-32-41(33-27-37)57-59-50(38-16-5-2-6-17-38)35-51(60-57)39-28-30-40(31-29-39)55-54-47-22-11-12-25-52(47)61-56(54)53-46(23-13-24-49(53)58-55)48-34-42-18-7-8-19-43(42)44-20-9-10-21-45(44)48/h1-35H. The average Bonchev–Trinajstić information content (AvgIpc) is 3.74. The summed E-state index contributed by atoms with van der Waals surface area (Å²) in [5.41, 5.74) is 12.6. The van der Waals surface area contributed by atoms with Crippen LogP contribution in [0.1, 0.15) is 0 Å². The van der Waals surface area contributed by atoms with Crippen molar-refractivity contribution in [3.05, 3.63) is 212 Å². The zero-order valence-corrected chi connectivity index (χ0v) is 33.8. The Hall–Kier alpha value is -7.79. The number of rotatable bonds is 6. The molecule has 0 spiro atoms. The third-order valence-corrected chi connectivity index (χ3v) is 13.1. The van der Waals surface area contributed by atoms with E-state index in [9.17, 15) is 0 Å². The fourth-order valence-corrected chi connectivity index (χ4v) is 10.2. The van der Waals surface area contributed by atoms with Gasteiger partial charge in [-0.1, -0.05) is 188 Å². The molecule has 0 aliphatic heterocycles. The van der Waals surface area contributed by atoms with Crippen molar-refractivity contribution < 1.29 is 0 Å². The second kappa shape index (κ2) is 14.5. The zero-order chi connectivity index (χ0) is 40.3. The fraction of sp³-hybridized carbons (Fsp3) is 0. The van der Waals surface area contributed by atoms with Crippen LogP contribution in [-0.4, -0.2) is 15.0 Å². The number of nitrogens with zero attached hydrogens (tertiary/aromatic N) is 3. The van der Waals surface area contributed by atoms with Gasteiger partial charge in [0.1, 0.15) is 0 Å². The van der Waals surface area contributed by atoms with Gasteiger partial charge < -0.3 is 0 Å². The number of hydrogen-bond acceptors (Lipinski definition) is 4. The van der Waals surface area contributed by atoms with E-state index >= 15 is 0 Å². The molecule has 12 rings (SSSR count). The number of fused-ring (bicyclic) bond motifs is 8. The highest BCUT2D eigenvalue weighted by molar-refractivity contribution is 7.26. The highest BCUT2D eigenvalue weighted by atomic mass is 32.1. The number of aromatic nitrogens is 3. The molecule has 0 bridgehead atoms. The number of pyridine rings is 1.